The Hall–Kier alpha value is -2.01. The molecule has 1 heterocycles. The van der Waals surface area contributed by atoms with Gasteiger partial charge in [0.2, 0.25) is 0 Å². The maximum absolute atomic E-state index is 11.8. The zero-order valence-corrected chi connectivity index (χ0v) is 13.8. The highest BCUT2D eigenvalue weighted by Gasteiger charge is 2.09. The Morgan fingerprint density at radius 2 is 2.18 bits per heavy atom. The van der Waals surface area contributed by atoms with Crippen molar-refractivity contribution in [2.75, 3.05) is 13.2 Å². The Labute approximate surface area is 135 Å². The van der Waals surface area contributed by atoms with Crippen LogP contribution in [0.15, 0.2) is 41.8 Å². The number of rotatable bonds is 7. The molecule has 0 fully saturated rings. The van der Waals surface area contributed by atoms with E-state index < -0.39 is 0 Å². The average molecular weight is 318 g/mol. The van der Waals surface area contributed by atoms with Crippen LogP contribution in [0.2, 0.25) is 0 Å². The summed E-state index contributed by atoms with van der Waals surface area (Å²) in [4.78, 5) is 12.9. The van der Waals surface area contributed by atoms with Crippen LogP contribution in [0.4, 0.5) is 4.79 Å². The number of benzene rings is 1. The second-order valence-corrected chi connectivity index (χ2v) is 6.14. The molecular weight excluding hydrogens is 296 g/mol. The molecule has 2 amide bonds. The number of urea groups is 1. The first kappa shape index (κ1) is 16.4. The van der Waals surface area contributed by atoms with Gasteiger partial charge in [-0.25, -0.2) is 4.79 Å². The number of amides is 2. The van der Waals surface area contributed by atoms with E-state index in [9.17, 15) is 4.79 Å². The Morgan fingerprint density at radius 1 is 1.32 bits per heavy atom. The highest BCUT2D eigenvalue weighted by Crippen LogP contribution is 2.17. The van der Waals surface area contributed by atoms with Crippen molar-refractivity contribution in [1.82, 2.24) is 10.6 Å². The van der Waals surface area contributed by atoms with Gasteiger partial charge in [-0.05, 0) is 49.4 Å². The highest BCUT2D eigenvalue weighted by atomic mass is 32.1. The quantitative estimate of drug-likeness (QED) is 0.761. The van der Waals surface area contributed by atoms with E-state index in [0.717, 1.165) is 17.0 Å². The number of carbonyl (C=O) groups excluding carboxylic acids is 1. The Bertz CT molecular complexity index is 584. The lowest BCUT2D eigenvalue weighted by Gasteiger charge is -2.13. The molecule has 0 bridgehead atoms. The number of carbonyl (C=O) groups is 1. The number of hydrogen-bond acceptors (Lipinski definition) is 3. The van der Waals surface area contributed by atoms with Crippen LogP contribution in [0.1, 0.15) is 29.8 Å². The summed E-state index contributed by atoms with van der Waals surface area (Å²) in [5.74, 6) is 0.871. The van der Waals surface area contributed by atoms with E-state index in [2.05, 4.69) is 10.6 Å². The molecule has 0 spiro atoms. The molecule has 5 heteroatoms. The molecule has 2 aromatic rings. The van der Waals surface area contributed by atoms with Gasteiger partial charge in [0.15, 0.2) is 0 Å². The van der Waals surface area contributed by atoms with Gasteiger partial charge in [-0.3, -0.25) is 0 Å². The van der Waals surface area contributed by atoms with Gasteiger partial charge in [-0.15, -0.1) is 11.3 Å². The van der Waals surface area contributed by atoms with Crippen molar-refractivity contribution in [1.29, 1.82) is 0 Å². The number of aryl methyl sites for hydroxylation is 1. The molecular formula is C17H22N2O2S. The van der Waals surface area contributed by atoms with Crippen molar-refractivity contribution in [2.45, 2.75) is 26.3 Å². The molecule has 1 aromatic carbocycles. The molecule has 22 heavy (non-hydrogen) atoms. The molecule has 0 aliphatic heterocycles. The van der Waals surface area contributed by atoms with Crippen molar-refractivity contribution in [2.24, 2.45) is 0 Å². The summed E-state index contributed by atoms with van der Waals surface area (Å²) >= 11 is 1.64. The van der Waals surface area contributed by atoms with Gasteiger partial charge in [-0.1, -0.05) is 18.2 Å². The van der Waals surface area contributed by atoms with Crippen molar-refractivity contribution in [3.63, 3.8) is 0 Å². The minimum absolute atomic E-state index is 0.0311. The molecule has 2 rings (SSSR count). The van der Waals surface area contributed by atoms with Crippen LogP contribution in [-0.4, -0.2) is 19.2 Å². The smallest absolute Gasteiger partial charge is 0.315 e. The molecule has 1 atom stereocenters. The SMILES string of the molecule is Cc1cccc(OCCCNC(=O)N[C@@H](C)c2cccs2)c1. The zero-order chi connectivity index (χ0) is 15.8. The first-order valence-electron chi connectivity index (χ1n) is 7.42. The lowest BCUT2D eigenvalue weighted by molar-refractivity contribution is 0.236. The van der Waals surface area contributed by atoms with E-state index in [1.807, 2.05) is 55.6 Å². The van der Waals surface area contributed by atoms with Crippen LogP contribution in [0.25, 0.3) is 0 Å². The van der Waals surface area contributed by atoms with Gasteiger partial charge < -0.3 is 15.4 Å². The normalized spacial score (nSPS) is 11.7. The number of nitrogens with one attached hydrogen (secondary N) is 2. The van der Waals surface area contributed by atoms with Crippen LogP contribution in [0, 0.1) is 6.92 Å². The third kappa shape index (κ3) is 5.41. The van der Waals surface area contributed by atoms with Crippen molar-refractivity contribution < 1.29 is 9.53 Å². The van der Waals surface area contributed by atoms with Gasteiger partial charge in [0, 0.05) is 11.4 Å². The van der Waals surface area contributed by atoms with Crippen LogP contribution in [0.3, 0.4) is 0 Å². The van der Waals surface area contributed by atoms with Crippen molar-refractivity contribution in [3.8, 4) is 5.75 Å². The summed E-state index contributed by atoms with van der Waals surface area (Å²) in [6.45, 7) is 5.19. The number of hydrogen-bond donors (Lipinski definition) is 2. The Kier molecular flexibility index (Phi) is 6.27. The van der Waals surface area contributed by atoms with Gasteiger partial charge in [0.25, 0.3) is 0 Å². The maximum atomic E-state index is 11.8. The fraction of sp³-hybridized carbons (Fsp3) is 0.353. The summed E-state index contributed by atoms with van der Waals surface area (Å²) < 4.78 is 5.64. The van der Waals surface area contributed by atoms with Gasteiger partial charge in [0.1, 0.15) is 5.75 Å². The standard InChI is InChI=1S/C17H22N2O2S/c1-13-6-3-7-15(12-13)21-10-5-9-18-17(20)19-14(2)16-8-4-11-22-16/h3-4,6-8,11-12,14H,5,9-10H2,1-2H3,(H2,18,19,20)/t14-/m0/s1. The van der Waals surface area contributed by atoms with E-state index in [4.69, 9.17) is 4.74 Å². The summed E-state index contributed by atoms with van der Waals surface area (Å²) in [7, 11) is 0. The minimum Gasteiger partial charge on any atom is -0.494 e. The topological polar surface area (TPSA) is 50.4 Å². The summed E-state index contributed by atoms with van der Waals surface area (Å²) in [5.41, 5.74) is 1.18. The van der Waals surface area contributed by atoms with Crippen LogP contribution in [0.5, 0.6) is 5.75 Å². The molecule has 0 aliphatic carbocycles. The third-order valence-electron chi connectivity index (χ3n) is 3.18. The lowest BCUT2D eigenvalue weighted by atomic mass is 10.2. The molecule has 4 nitrogen and oxygen atoms in total. The van der Waals surface area contributed by atoms with Crippen LogP contribution < -0.4 is 15.4 Å². The first-order chi connectivity index (χ1) is 10.6. The van der Waals surface area contributed by atoms with Crippen LogP contribution >= 0.6 is 11.3 Å². The fourth-order valence-corrected chi connectivity index (χ4v) is 2.76. The average Bonchev–Trinajstić information content (AvgIpc) is 3.01. The molecule has 2 N–H and O–H groups in total. The van der Waals surface area contributed by atoms with E-state index in [-0.39, 0.29) is 12.1 Å². The Morgan fingerprint density at radius 3 is 2.91 bits per heavy atom. The first-order valence-corrected chi connectivity index (χ1v) is 8.30. The molecule has 118 valence electrons. The lowest BCUT2D eigenvalue weighted by Crippen LogP contribution is -2.37. The predicted molar refractivity (Wildman–Crippen MR) is 90.6 cm³/mol. The zero-order valence-electron chi connectivity index (χ0n) is 13.0. The molecule has 0 unspecified atom stereocenters. The predicted octanol–water partition coefficient (Wildman–Crippen LogP) is 3.89. The maximum Gasteiger partial charge on any atom is 0.315 e. The van der Waals surface area contributed by atoms with Crippen LogP contribution in [-0.2, 0) is 0 Å². The molecule has 0 saturated carbocycles. The minimum atomic E-state index is -0.142. The molecule has 1 aromatic heterocycles. The van der Waals surface area contributed by atoms with Crippen molar-refractivity contribution >= 4 is 17.4 Å². The Balaban J connectivity index is 1.59. The second kappa shape index (κ2) is 8.44. The number of thiophene rings is 1. The van der Waals surface area contributed by atoms with E-state index in [1.54, 1.807) is 11.3 Å². The largest absolute Gasteiger partial charge is 0.494 e. The summed E-state index contributed by atoms with van der Waals surface area (Å²) in [6.07, 6.45) is 0.773. The van der Waals surface area contributed by atoms with E-state index >= 15 is 0 Å². The van der Waals surface area contributed by atoms with Gasteiger partial charge >= 0.3 is 6.03 Å². The molecule has 0 radical (unpaired) electrons. The van der Waals surface area contributed by atoms with Crippen molar-refractivity contribution in [3.05, 3.63) is 52.2 Å². The second-order valence-electron chi connectivity index (χ2n) is 5.16. The van der Waals surface area contributed by atoms with Gasteiger partial charge in [0.05, 0.1) is 12.6 Å². The van der Waals surface area contributed by atoms with E-state index in [1.165, 1.54) is 5.56 Å². The van der Waals surface area contributed by atoms with Gasteiger partial charge in [-0.2, -0.15) is 0 Å². The third-order valence-corrected chi connectivity index (χ3v) is 4.24. The number of ether oxygens (including phenoxy) is 1. The fourth-order valence-electron chi connectivity index (χ4n) is 2.03. The van der Waals surface area contributed by atoms with E-state index in [0.29, 0.717) is 13.2 Å². The molecule has 0 saturated heterocycles. The summed E-state index contributed by atoms with van der Waals surface area (Å²) in [5, 5.41) is 7.77. The molecule has 0 aliphatic rings. The monoisotopic (exact) mass is 318 g/mol. The summed E-state index contributed by atoms with van der Waals surface area (Å²) in [6, 6.07) is 11.8. The highest BCUT2D eigenvalue weighted by molar-refractivity contribution is 7.10.